The van der Waals surface area contributed by atoms with Crippen molar-refractivity contribution in [1.29, 1.82) is 0 Å². The van der Waals surface area contributed by atoms with Crippen LogP contribution in [0.25, 0.3) is 0 Å². The van der Waals surface area contributed by atoms with Crippen LogP contribution in [0.4, 0.5) is 0 Å². The lowest BCUT2D eigenvalue weighted by molar-refractivity contribution is -0.148. The zero-order valence-corrected chi connectivity index (χ0v) is 10.5. The highest BCUT2D eigenvalue weighted by atomic mass is 16.5. The van der Waals surface area contributed by atoms with Gasteiger partial charge in [-0.3, -0.25) is 9.59 Å². The maximum Gasteiger partial charge on any atom is 0.325 e. The Hall–Kier alpha value is -1.06. The minimum absolute atomic E-state index is 0.139. The highest BCUT2D eigenvalue weighted by Gasteiger charge is 2.40. The lowest BCUT2D eigenvalue weighted by atomic mass is 9.91. The molecule has 1 heterocycles. The number of carbonyl (C=O) groups excluding carboxylic acids is 2. The molecular weight excluding hydrogens is 218 g/mol. The number of ether oxygens (including phenoxy) is 1. The van der Waals surface area contributed by atoms with E-state index in [4.69, 9.17) is 4.74 Å². The van der Waals surface area contributed by atoms with Gasteiger partial charge in [-0.05, 0) is 25.7 Å². The van der Waals surface area contributed by atoms with Crippen molar-refractivity contribution in [1.82, 2.24) is 4.90 Å². The van der Waals surface area contributed by atoms with Gasteiger partial charge >= 0.3 is 5.97 Å². The van der Waals surface area contributed by atoms with Gasteiger partial charge in [0.25, 0.3) is 0 Å². The van der Waals surface area contributed by atoms with E-state index in [2.05, 4.69) is 0 Å². The molecule has 4 nitrogen and oxygen atoms in total. The fraction of sp³-hybridized carbons (Fsp3) is 0.846. The lowest BCUT2D eigenvalue weighted by Crippen LogP contribution is -2.33. The van der Waals surface area contributed by atoms with Crippen LogP contribution in [-0.4, -0.2) is 36.5 Å². The van der Waals surface area contributed by atoms with E-state index < -0.39 is 0 Å². The van der Waals surface area contributed by atoms with Gasteiger partial charge in [-0.2, -0.15) is 0 Å². The van der Waals surface area contributed by atoms with Crippen molar-refractivity contribution in [2.24, 2.45) is 11.8 Å². The monoisotopic (exact) mass is 239 g/mol. The third-order valence-electron chi connectivity index (χ3n) is 3.87. The summed E-state index contributed by atoms with van der Waals surface area (Å²) in [5, 5.41) is 0. The zero-order chi connectivity index (χ0) is 12.3. The summed E-state index contributed by atoms with van der Waals surface area (Å²) in [6.45, 7) is 3.06. The number of rotatable bonds is 3. The fourth-order valence-electron chi connectivity index (χ4n) is 3.04. The highest BCUT2D eigenvalue weighted by Crippen LogP contribution is 2.35. The van der Waals surface area contributed by atoms with Gasteiger partial charge < -0.3 is 9.64 Å². The summed E-state index contributed by atoms with van der Waals surface area (Å²) in [7, 11) is 0. The SMILES string of the molecule is CCOC(=O)CN1C[C@H]2CCCCC[C@H]2C1=O. The molecule has 2 aliphatic rings. The molecule has 2 atom stereocenters. The first-order valence-corrected chi connectivity index (χ1v) is 6.66. The first-order chi connectivity index (χ1) is 8.22. The molecule has 0 bridgehead atoms. The first-order valence-electron chi connectivity index (χ1n) is 6.66. The minimum atomic E-state index is -0.280. The Bertz CT molecular complexity index is 303. The molecule has 0 aromatic heterocycles. The van der Waals surface area contributed by atoms with Crippen LogP contribution >= 0.6 is 0 Å². The quantitative estimate of drug-likeness (QED) is 0.703. The van der Waals surface area contributed by atoms with Crippen LogP contribution in [0.5, 0.6) is 0 Å². The number of carbonyl (C=O) groups is 2. The molecule has 4 heteroatoms. The molecule has 1 saturated carbocycles. The van der Waals surface area contributed by atoms with E-state index in [9.17, 15) is 9.59 Å². The average Bonchev–Trinajstić information content (AvgIpc) is 2.51. The van der Waals surface area contributed by atoms with Gasteiger partial charge in [0.15, 0.2) is 0 Å². The van der Waals surface area contributed by atoms with E-state index in [-0.39, 0.29) is 24.3 Å². The second kappa shape index (κ2) is 5.52. The second-order valence-corrected chi connectivity index (χ2v) is 5.03. The van der Waals surface area contributed by atoms with Gasteiger partial charge in [0.05, 0.1) is 6.61 Å². The topological polar surface area (TPSA) is 46.6 Å². The Balaban J connectivity index is 1.93. The van der Waals surface area contributed by atoms with Crippen molar-refractivity contribution >= 4 is 11.9 Å². The van der Waals surface area contributed by atoms with E-state index in [0.717, 1.165) is 25.8 Å². The predicted molar refractivity (Wildman–Crippen MR) is 63.3 cm³/mol. The van der Waals surface area contributed by atoms with Crippen LogP contribution in [0.1, 0.15) is 39.0 Å². The summed E-state index contributed by atoms with van der Waals surface area (Å²) in [5.74, 6) is 0.536. The van der Waals surface area contributed by atoms with Crippen molar-refractivity contribution in [2.45, 2.75) is 39.0 Å². The smallest absolute Gasteiger partial charge is 0.325 e. The number of likely N-dealkylation sites (tertiary alicyclic amines) is 1. The Morgan fingerprint density at radius 2 is 2.12 bits per heavy atom. The molecule has 0 aromatic carbocycles. The molecule has 96 valence electrons. The molecule has 1 saturated heterocycles. The maximum absolute atomic E-state index is 12.2. The fourth-order valence-corrected chi connectivity index (χ4v) is 3.04. The lowest BCUT2D eigenvalue weighted by Gasteiger charge is -2.15. The molecule has 2 fully saturated rings. The van der Waals surface area contributed by atoms with Crippen LogP contribution in [0.15, 0.2) is 0 Å². The predicted octanol–water partition coefficient (Wildman–Crippen LogP) is 1.59. The number of hydrogen-bond acceptors (Lipinski definition) is 3. The molecule has 0 spiro atoms. The average molecular weight is 239 g/mol. The molecule has 0 radical (unpaired) electrons. The maximum atomic E-state index is 12.2. The van der Waals surface area contributed by atoms with Gasteiger partial charge in [-0.25, -0.2) is 0 Å². The Kier molecular flexibility index (Phi) is 4.02. The van der Waals surface area contributed by atoms with Crippen molar-refractivity contribution < 1.29 is 14.3 Å². The summed E-state index contributed by atoms with van der Waals surface area (Å²) in [5.41, 5.74) is 0. The third-order valence-corrected chi connectivity index (χ3v) is 3.87. The number of fused-ring (bicyclic) bond motifs is 1. The van der Waals surface area contributed by atoms with Crippen LogP contribution in [0, 0.1) is 11.8 Å². The van der Waals surface area contributed by atoms with Crippen molar-refractivity contribution in [2.75, 3.05) is 19.7 Å². The molecule has 0 aromatic rings. The Morgan fingerprint density at radius 3 is 2.88 bits per heavy atom. The van der Waals surface area contributed by atoms with Crippen LogP contribution in [0.3, 0.4) is 0 Å². The van der Waals surface area contributed by atoms with Crippen LogP contribution < -0.4 is 0 Å². The normalized spacial score (nSPS) is 28.8. The van der Waals surface area contributed by atoms with Gasteiger partial charge in [-0.1, -0.05) is 19.3 Å². The summed E-state index contributed by atoms with van der Waals surface area (Å²) >= 11 is 0. The first kappa shape index (κ1) is 12.4. The summed E-state index contributed by atoms with van der Waals surface area (Å²) < 4.78 is 4.90. The number of nitrogens with zero attached hydrogens (tertiary/aromatic N) is 1. The van der Waals surface area contributed by atoms with Gasteiger partial charge in [0.2, 0.25) is 5.91 Å². The van der Waals surface area contributed by atoms with E-state index in [1.807, 2.05) is 0 Å². The molecule has 1 amide bonds. The second-order valence-electron chi connectivity index (χ2n) is 5.03. The zero-order valence-electron chi connectivity index (χ0n) is 10.5. The van der Waals surface area contributed by atoms with Crippen LogP contribution in [-0.2, 0) is 14.3 Å². The molecule has 0 N–H and O–H groups in total. The molecule has 1 aliphatic carbocycles. The van der Waals surface area contributed by atoms with Crippen molar-refractivity contribution in [3.8, 4) is 0 Å². The van der Waals surface area contributed by atoms with E-state index in [1.54, 1.807) is 11.8 Å². The van der Waals surface area contributed by atoms with Crippen molar-refractivity contribution in [3.63, 3.8) is 0 Å². The number of esters is 1. The van der Waals surface area contributed by atoms with E-state index in [0.29, 0.717) is 12.5 Å². The molecular formula is C13H21NO3. The summed E-state index contributed by atoms with van der Waals surface area (Å²) in [6.07, 6.45) is 5.76. The molecule has 17 heavy (non-hydrogen) atoms. The number of hydrogen-bond donors (Lipinski definition) is 0. The Morgan fingerprint density at radius 1 is 1.35 bits per heavy atom. The van der Waals surface area contributed by atoms with Gasteiger partial charge in [0, 0.05) is 12.5 Å². The number of amides is 1. The van der Waals surface area contributed by atoms with E-state index >= 15 is 0 Å². The highest BCUT2D eigenvalue weighted by molar-refractivity contribution is 5.85. The third kappa shape index (κ3) is 2.79. The largest absolute Gasteiger partial charge is 0.465 e. The summed E-state index contributed by atoms with van der Waals surface area (Å²) in [6, 6.07) is 0. The minimum Gasteiger partial charge on any atom is -0.465 e. The molecule has 2 rings (SSSR count). The Labute approximate surface area is 102 Å². The van der Waals surface area contributed by atoms with Crippen LogP contribution in [0.2, 0.25) is 0 Å². The van der Waals surface area contributed by atoms with Gasteiger partial charge in [-0.15, -0.1) is 0 Å². The van der Waals surface area contributed by atoms with Gasteiger partial charge in [0.1, 0.15) is 6.54 Å². The molecule has 0 unspecified atom stereocenters. The van der Waals surface area contributed by atoms with E-state index in [1.165, 1.54) is 12.8 Å². The molecule has 1 aliphatic heterocycles. The van der Waals surface area contributed by atoms with Crippen molar-refractivity contribution in [3.05, 3.63) is 0 Å². The summed E-state index contributed by atoms with van der Waals surface area (Å²) in [4.78, 5) is 25.2. The standard InChI is InChI=1S/C13H21NO3/c1-2-17-12(15)9-14-8-10-6-4-3-5-7-11(10)13(14)16/h10-11H,2-9H2,1H3/t10-,11-/m1/s1.